The van der Waals surface area contributed by atoms with Gasteiger partial charge in [0.2, 0.25) is 12.0 Å². The summed E-state index contributed by atoms with van der Waals surface area (Å²) in [5.74, 6) is -1.90. The molecule has 0 bridgehead atoms. The Morgan fingerprint density at radius 1 is 1.28 bits per heavy atom. The zero-order chi connectivity index (χ0) is 18.4. The Bertz CT molecular complexity index is 670. The number of carbonyl (C=O) groups is 3. The van der Waals surface area contributed by atoms with E-state index in [1.807, 2.05) is 0 Å². The number of hydrogen-bond donors (Lipinski definition) is 1. The number of carboxylic acids is 1. The Morgan fingerprint density at radius 2 is 1.88 bits per heavy atom. The molecule has 0 unspecified atom stereocenters. The van der Waals surface area contributed by atoms with Crippen LogP contribution in [0.5, 0.6) is 0 Å². The van der Waals surface area contributed by atoms with Gasteiger partial charge in [-0.15, -0.1) is 5.01 Å². The van der Waals surface area contributed by atoms with Gasteiger partial charge in [-0.1, -0.05) is 12.1 Å². The van der Waals surface area contributed by atoms with Crippen LogP contribution in [0.3, 0.4) is 0 Å². The number of benzene rings is 1. The molecule has 1 aromatic carbocycles. The topological polar surface area (TPSA) is 126 Å². The lowest BCUT2D eigenvalue weighted by Crippen LogP contribution is -2.32. The highest BCUT2D eigenvalue weighted by atomic mass is 16.7. The third-order valence-corrected chi connectivity index (χ3v) is 3.61. The lowest BCUT2D eigenvalue weighted by molar-refractivity contribution is -0.705. The summed E-state index contributed by atoms with van der Waals surface area (Å²) >= 11 is 0. The van der Waals surface area contributed by atoms with Crippen molar-refractivity contribution in [2.24, 2.45) is 5.28 Å². The van der Waals surface area contributed by atoms with Crippen molar-refractivity contribution < 1.29 is 29.3 Å². The highest BCUT2D eigenvalue weighted by Crippen LogP contribution is 2.22. The van der Waals surface area contributed by atoms with Crippen LogP contribution in [-0.2, 0) is 9.63 Å². The maximum Gasteiger partial charge on any atom is 0.303 e. The lowest BCUT2D eigenvalue weighted by Gasteiger charge is -2.14. The zero-order valence-corrected chi connectivity index (χ0v) is 13.6. The molecule has 0 saturated heterocycles. The van der Waals surface area contributed by atoms with Crippen LogP contribution in [0, 0.1) is 5.21 Å². The van der Waals surface area contributed by atoms with Crippen LogP contribution in [-0.4, -0.2) is 58.1 Å². The summed E-state index contributed by atoms with van der Waals surface area (Å²) in [5.41, 5.74) is 0.566. The first-order valence-electron chi connectivity index (χ1n) is 7.60. The van der Waals surface area contributed by atoms with Crippen LogP contribution in [0.4, 0.5) is 0 Å². The van der Waals surface area contributed by atoms with Gasteiger partial charge in [0.05, 0.1) is 29.7 Å². The molecule has 1 N–H and O–H groups in total. The first kappa shape index (κ1) is 18.2. The van der Waals surface area contributed by atoms with E-state index in [9.17, 15) is 19.6 Å². The van der Waals surface area contributed by atoms with Crippen molar-refractivity contribution in [3.8, 4) is 0 Å². The molecule has 1 aliphatic heterocycles. The standard InChI is InChI=1S/C15H18N4O6/c1-17(9-5-4-8-13(20)21)19(24)16-25-10-18-14(22)11-6-2-3-7-12(11)15(18)23/h2-3,6-7H,4-5,8-10H2,1H3,(H,20,21). The second kappa shape index (κ2) is 8.08. The highest BCUT2D eigenvalue weighted by molar-refractivity contribution is 6.21. The Balaban J connectivity index is 1.81. The lowest BCUT2D eigenvalue weighted by atomic mass is 10.1. The minimum absolute atomic E-state index is 0.0279. The molecular weight excluding hydrogens is 332 g/mol. The third kappa shape index (κ3) is 4.43. The van der Waals surface area contributed by atoms with Gasteiger partial charge in [0, 0.05) is 6.42 Å². The Morgan fingerprint density at radius 3 is 2.44 bits per heavy atom. The molecule has 0 spiro atoms. The number of hydrogen-bond acceptors (Lipinski definition) is 6. The Kier molecular flexibility index (Phi) is 5.88. The van der Waals surface area contributed by atoms with E-state index in [-0.39, 0.29) is 29.1 Å². The molecule has 0 radical (unpaired) electrons. The molecule has 25 heavy (non-hydrogen) atoms. The van der Waals surface area contributed by atoms with Gasteiger partial charge in [0.1, 0.15) is 0 Å². The molecule has 10 nitrogen and oxygen atoms in total. The van der Waals surface area contributed by atoms with Crippen molar-refractivity contribution in [3.63, 3.8) is 0 Å². The summed E-state index contributed by atoms with van der Waals surface area (Å²) in [6.07, 6.45) is 0.957. The fourth-order valence-electron chi connectivity index (χ4n) is 2.25. The number of carbonyl (C=O) groups excluding carboxylic acids is 2. The summed E-state index contributed by atoms with van der Waals surface area (Å²) in [6, 6.07) is 6.38. The largest absolute Gasteiger partial charge is 0.569 e. The number of fused-ring (bicyclic) bond motifs is 1. The van der Waals surface area contributed by atoms with E-state index >= 15 is 0 Å². The van der Waals surface area contributed by atoms with E-state index < -0.39 is 24.5 Å². The third-order valence-electron chi connectivity index (χ3n) is 3.61. The van der Waals surface area contributed by atoms with Crippen LogP contribution in [0.2, 0.25) is 0 Å². The van der Waals surface area contributed by atoms with Gasteiger partial charge < -0.3 is 15.2 Å². The van der Waals surface area contributed by atoms with Gasteiger partial charge >= 0.3 is 5.97 Å². The van der Waals surface area contributed by atoms with Crippen LogP contribution < -0.4 is 0 Å². The number of nitrogens with zero attached hydrogens (tertiary/aromatic N) is 4. The molecule has 2 amide bonds. The number of aliphatic carboxylic acids is 1. The van der Waals surface area contributed by atoms with Crippen molar-refractivity contribution in [1.82, 2.24) is 9.91 Å². The predicted molar refractivity (Wildman–Crippen MR) is 83.1 cm³/mol. The number of unbranched alkanes of at least 4 members (excludes halogenated alkanes) is 1. The van der Waals surface area contributed by atoms with E-state index in [2.05, 4.69) is 5.28 Å². The van der Waals surface area contributed by atoms with Crippen molar-refractivity contribution in [1.29, 1.82) is 0 Å². The summed E-state index contributed by atoms with van der Waals surface area (Å²) in [5, 5.41) is 24.7. The second-order valence-corrected chi connectivity index (χ2v) is 5.41. The quantitative estimate of drug-likeness (QED) is 0.233. The van der Waals surface area contributed by atoms with Crippen LogP contribution in [0.15, 0.2) is 29.5 Å². The molecule has 0 aliphatic carbocycles. The molecule has 1 aliphatic rings. The van der Waals surface area contributed by atoms with Crippen molar-refractivity contribution in [2.75, 3.05) is 20.3 Å². The number of carboxylic acid groups (broad SMARTS) is 1. The first-order valence-corrected chi connectivity index (χ1v) is 7.60. The summed E-state index contributed by atoms with van der Waals surface area (Å²) in [4.78, 5) is 40.4. The fraction of sp³-hybridized carbons (Fsp3) is 0.400. The van der Waals surface area contributed by atoms with Gasteiger partial charge in [0.25, 0.3) is 11.8 Å². The number of amides is 2. The van der Waals surface area contributed by atoms with E-state index in [0.29, 0.717) is 12.8 Å². The van der Waals surface area contributed by atoms with Crippen LogP contribution in [0.1, 0.15) is 40.0 Å². The zero-order valence-electron chi connectivity index (χ0n) is 13.6. The van der Waals surface area contributed by atoms with E-state index in [0.717, 1.165) is 4.90 Å². The maximum absolute atomic E-state index is 12.1. The monoisotopic (exact) mass is 350 g/mol. The number of hydrazine groups is 1. The van der Waals surface area contributed by atoms with E-state index in [1.165, 1.54) is 24.2 Å². The number of rotatable bonds is 9. The molecule has 10 heteroatoms. The smallest absolute Gasteiger partial charge is 0.303 e. The minimum atomic E-state index is -0.893. The molecule has 1 heterocycles. The molecule has 134 valence electrons. The average molecular weight is 350 g/mol. The first-order chi connectivity index (χ1) is 11.9. The normalized spacial score (nSPS) is 13.8. The van der Waals surface area contributed by atoms with Crippen LogP contribution >= 0.6 is 0 Å². The highest BCUT2D eigenvalue weighted by Gasteiger charge is 2.35. The molecular formula is C15H18N4O6. The summed E-state index contributed by atoms with van der Waals surface area (Å²) in [6.45, 7) is -0.186. The molecule has 1 aromatic rings. The van der Waals surface area contributed by atoms with Crippen molar-refractivity contribution in [3.05, 3.63) is 40.6 Å². The SMILES string of the molecule is CN(CCCCC(=O)O)[N+]([O-])=NOCN1C(=O)c2ccccc2C1=O. The fourth-order valence-corrected chi connectivity index (χ4v) is 2.25. The molecule has 0 aromatic heterocycles. The predicted octanol–water partition coefficient (Wildman–Crippen LogP) is 1.24. The Hall–Kier alpha value is -3.17. The van der Waals surface area contributed by atoms with Gasteiger partial charge in [0.15, 0.2) is 0 Å². The van der Waals surface area contributed by atoms with E-state index in [4.69, 9.17) is 9.94 Å². The van der Waals surface area contributed by atoms with E-state index in [1.54, 1.807) is 12.1 Å². The van der Waals surface area contributed by atoms with Gasteiger partial charge in [-0.3, -0.25) is 14.4 Å². The van der Waals surface area contributed by atoms with Crippen molar-refractivity contribution in [2.45, 2.75) is 19.3 Å². The van der Waals surface area contributed by atoms with Crippen molar-refractivity contribution >= 4 is 17.8 Å². The Labute approximate surface area is 143 Å². The van der Waals surface area contributed by atoms with Gasteiger partial charge in [-0.05, 0) is 25.0 Å². The van der Waals surface area contributed by atoms with Gasteiger partial charge in [-0.25, -0.2) is 4.90 Å². The summed E-state index contributed by atoms with van der Waals surface area (Å²) < 4.78 is 0. The molecule has 0 atom stereocenters. The average Bonchev–Trinajstić information content (AvgIpc) is 2.83. The van der Waals surface area contributed by atoms with Crippen LogP contribution in [0.25, 0.3) is 0 Å². The second-order valence-electron chi connectivity index (χ2n) is 5.41. The maximum atomic E-state index is 12.1. The van der Waals surface area contributed by atoms with Gasteiger partial charge in [-0.2, -0.15) is 0 Å². The molecule has 2 rings (SSSR count). The molecule has 0 fully saturated rings. The number of imide groups is 1. The summed E-state index contributed by atoms with van der Waals surface area (Å²) in [7, 11) is 1.46. The minimum Gasteiger partial charge on any atom is -0.569 e. The molecule has 0 saturated carbocycles.